The minimum absolute atomic E-state index is 0.0564. The van der Waals surface area contributed by atoms with Gasteiger partial charge in [0.05, 0.1) is 13.7 Å². The molecule has 6 nitrogen and oxygen atoms in total. The Morgan fingerprint density at radius 1 is 1.03 bits per heavy atom. The molecular formula is C24H33N3O3. The smallest absolute Gasteiger partial charge is 0.191 e. The molecule has 0 atom stereocenters. The number of aliphatic imine (C=N–C) groups is 1. The van der Waals surface area contributed by atoms with E-state index in [4.69, 9.17) is 14.2 Å². The summed E-state index contributed by atoms with van der Waals surface area (Å²) in [6.45, 7) is 5.79. The standard InChI is InChI=1S/C24H33N3O3/c1-19-6-4-5-7-22(19)24(12-15-29-16-13-24)18-27-23(25-2)26-14-17-30-21-10-8-20(28-3)9-11-21/h4-11H,12-18H2,1-3H3,(H2,25,26,27). The lowest BCUT2D eigenvalue weighted by atomic mass is 9.72. The lowest BCUT2D eigenvalue weighted by molar-refractivity contribution is 0.0512. The van der Waals surface area contributed by atoms with E-state index in [1.165, 1.54) is 11.1 Å². The summed E-state index contributed by atoms with van der Waals surface area (Å²) in [6, 6.07) is 16.3. The van der Waals surface area contributed by atoms with E-state index in [0.29, 0.717) is 13.2 Å². The second-order valence-corrected chi connectivity index (χ2v) is 7.58. The number of nitrogens with zero attached hydrogens (tertiary/aromatic N) is 1. The van der Waals surface area contributed by atoms with Gasteiger partial charge in [0.25, 0.3) is 0 Å². The summed E-state index contributed by atoms with van der Waals surface area (Å²) < 4.78 is 16.6. The minimum Gasteiger partial charge on any atom is -0.497 e. The maximum atomic E-state index is 5.78. The molecule has 1 aliphatic heterocycles. The minimum atomic E-state index is 0.0564. The molecule has 0 radical (unpaired) electrons. The fourth-order valence-electron chi connectivity index (χ4n) is 3.96. The van der Waals surface area contributed by atoms with Gasteiger partial charge in [-0.1, -0.05) is 24.3 Å². The molecule has 0 aromatic heterocycles. The Bertz CT molecular complexity index is 815. The highest BCUT2D eigenvalue weighted by molar-refractivity contribution is 5.79. The highest BCUT2D eigenvalue weighted by Crippen LogP contribution is 2.36. The van der Waals surface area contributed by atoms with Crippen molar-refractivity contribution in [3.8, 4) is 11.5 Å². The molecule has 3 rings (SSSR count). The molecular weight excluding hydrogens is 378 g/mol. The van der Waals surface area contributed by atoms with E-state index in [1.54, 1.807) is 14.2 Å². The maximum absolute atomic E-state index is 5.78. The monoisotopic (exact) mass is 411 g/mol. The zero-order chi connectivity index (χ0) is 21.2. The molecule has 1 heterocycles. The summed E-state index contributed by atoms with van der Waals surface area (Å²) >= 11 is 0. The highest BCUT2D eigenvalue weighted by atomic mass is 16.5. The van der Waals surface area contributed by atoms with Gasteiger partial charge in [0.2, 0.25) is 0 Å². The van der Waals surface area contributed by atoms with Gasteiger partial charge in [0.15, 0.2) is 5.96 Å². The van der Waals surface area contributed by atoms with Gasteiger partial charge in [0.1, 0.15) is 18.1 Å². The highest BCUT2D eigenvalue weighted by Gasteiger charge is 2.35. The average molecular weight is 412 g/mol. The van der Waals surface area contributed by atoms with Crippen LogP contribution in [-0.2, 0) is 10.2 Å². The number of aryl methyl sites for hydroxylation is 1. The van der Waals surface area contributed by atoms with Crippen LogP contribution in [0.25, 0.3) is 0 Å². The number of hydrogen-bond donors (Lipinski definition) is 2. The van der Waals surface area contributed by atoms with E-state index < -0.39 is 0 Å². The van der Waals surface area contributed by atoms with Crippen molar-refractivity contribution in [2.75, 3.05) is 47.1 Å². The predicted octanol–water partition coefficient (Wildman–Crippen LogP) is 3.30. The Morgan fingerprint density at radius 2 is 1.73 bits per heavy atom. The van der Waals surface area contributed by atoms with Crippen LogP contribution in [0.2, 0.25) is 0 Å². The van der Waals surface area contributed by atoms with Crippen molar-refractivity contribution < 1.29 is 14.2 Å². The van der Waals surface area contributed by atoms with E-state index in [1.807, 2.05) is 24.3 Å². The van der Waals surface area contributed by atoms with Crippen molar-refractivity contribution >= 4 is 5.96 Å². The van der Waals surface area contributed by atoms with Crippen LogP contribution in [0.5, 0.6) is 11.5 Å². The molecule has 2 aromatic carbocycles. The lowest BCUT2D eigenvalue weighted by Gasteiger charge is -2.39. The summed E-state index contributed by atoms with van der Waals surface area (Å²) in [5.74, 6) is 2.43. The van der Waals surface area contributed by atoms with E-state index in [-0.39, 0.29) is 5.41 Å². The van der Waals surface area contributed by atoms with E-state index in [0.717, 1.165) is 50.1 Å². The topological polar surface area (TPSA) is 64.1 Å². The number of nitrogens with one attached hydrogen (secondary N) is 2. The normalized spacial score (nSPS) is 16.0. The molecule has 0 unspecified atom stereocenters. The van der Waals surface area contributed by atoms with Crippen molar-refractivity contribution in [2.45, 2.75) is 25.2 Å². The fraction of sp³-hybridized carbons (Fsp3) is 0.458. The number of guanidine groups is 1. The summed E-state index contributed by atoms with van der Waals surface area (Å²) in [5.41, 5.74) is 2.79. The van der Waals surface area contributed by atoms with Gasteiger partial charge in [-0.05, 0) is 55.2 Å². The summed E-state index contributed by atoms with van der Waals surface area (Å²) in [4.78, 5) is 4.38. The van der Waals surface area contributed by atoms with Crippen LogP contribution in [0, 0.1) is 6.92 Å². The van der Waals surface area contributed by atoms with E-state index in [2.05, 4.69) is 46.8 Å². The Balaban J connectivity index is 1.52. The molecule has 30 heavy (non-hydrogen) atoms. The van der Waals surface area contributed by atoms with Gasteiger partial charge in [-0.2, -0.15) is 0 Å². The zero-order valence-electron chi connectivity index (χ0n) is 18.2. The third-order valence-corrected chi connectivity index (χ3v) is 5.71. The summed E-state index contributed by atoms with van der Waals surface area (Å²) in [6.07, 6.45) is 2.00. The number of benzene rings is 2. The van der Waals surface area contributed by atoms with Crippen LogP contribution in [0.1, 0.15) is 24.0 Å². The van der Waals surface area contributed by atoms with Crippen molar-refractivity contribution in [1.82, 2.24) is 10.6 Å². The largest absolute Gasteiger partial charge is 0.497 e. The average Bonchev–Trinajstić information content (AvgIpc) is 2.80. The molecule has 2 N–H and O–H groups in total. The molecule has 1 fully saturated rings. The Kier molecular flexibility index (Phi) is 7.97. The lowest BCUT2D eigenvalue weighted by Crippen LogP contribution is -2.48. The van der Waals surface area contributed by atoms with Gasteiger partial charge in [-0.3, -0.25) is 4.99 Å². The van der Waals surface area contributed by atoms with Crippen molar-refractivity contribution in [2.24, 2.45) is 4.99 Å². The van der Waals surface area contributed by atoms with Crippen LogP contribution in [0.3, 0.4) is 0 Å². The van der Waals surface area contributed by atoms with Gasteiger partial charge in [-0.15, -0.1) is 0 Å². The molecule has 1 aliphatic rings. The van der Waals surface area contributed by atoms with Crippen LogP contribution >= 0.6 is 0 Å². The number of ether oxygens (including phenoxy) is 3. The molecule has 162 valence electrons. The Labute approximate surface area is 179 Å². The van der Waals surface area contributed by atoms with Crippen LogP contribution in [0.4, 0.5) is 0 Å². The second-order valence-electron chi connectivity index (χ2n) is 7.58. The molecule has 0 aliphatic carbocycles. The third-order valence-electron chi connectivity index (χ3n) is 5.71. The van der Waals surface area contributed by atoms with Crippen molar-refractivity contribution in [3.63, 3.8) is 0 Å². The van der Waals surface area contributed by atoms with Gasteiger partial charge < -0.3 is 24.8 Å². The van der Waals surface area contributed by atoms with Crippen molar-refractivity contribution in [1.29, 1.82) is 0 Å². The molecule has 6 heteroatoms. The van der Waals surface area contributed by atoms with E-state index in [9.17, 15) is 0 Å². The van der Waals surface area contributed by atoms with Gasteiger partial charge in [-0.25, -0.2) is 0 Å². The first-order chi connectivity index (χ1) is 14.7. The first kappa shape index (κ1) is 22.0. The van der Waals surface area contributed by atoms with Crippen LogP contribution < -0.4 is 20.1 Å². The quantitative estimate of drug-likeness (QED) is 0.396. The molecule has 0 spiro atoms. The third kappa shape index (κ3) is 5.66. The first-order valence-corrected chi connectivity index (χ1v) is 10.5. The SMILES string of the molecule is CN=C(NCCOc1ccc(OC)cc1)NCC1(c2ccccc2C)CCOCC1. The van der Waals surface area contributed by atoms with Crippen LogP contribution in [0.15, 0.2) is 53.5 Å². The van der Waals surface area contributed by atoms with Crippen molar-refractivity contribution in [3.05, 3.63) is 59.7 Å². The molecule has 1 saturated heterocycles. The molecule has 0 saturated carbocycles. The number of hydrogen-bond acceptors (Lipinski definition) is 4. The number of rotatable bonds is 8. The van der Waals surface area contributed by atoms with Crippen LogP contribution in [-0.4, -0.2) is 53.0 Å². The molecule has 0 amide bonds. The summed E-state index contributed by atoms with van der Waals surface area (Å²) in [7, 11) is 3.45. The maximum Gasteiger partial charge on any atom is 0.191 e. The van der Waals surface area contributed by atoms with Gasteiger partial charge in [0, 0.05) is 32.2 Å². The second kappa shape index (κ2) is 10.9. The first-order valence-electron chi connectivity index (χ1n) is 10.5. The number of methoxy groups -OCH3 is 1. The molecule has 2 aromatic rings. The van der Waals surface area contributed by atoms with Gasteiger partial charge >= 0.3 is 0 Å². The summed E-state index contributed by atoms with van der Waals surface area (Å²) in [5, 5.41) is 6.87. The predicted molar refractivity (Wildman–Crippen MR) is 121 cm³/mol. The fourth-order valence-corrected chi connectivity index (χ4v) is 3.96. The Morgan fingerprint density at radius 3 is 2.40 bits per heavy atom. The molecule has 0 bridgehead atoms. The zero-order valence-corrected chi connectivity index (χ0v) is 18.2. The van der Waals surface area contributed by atoms with E-state index >= 15 is 0 Å². The Hall–Kier alpha value is -2.73.